The predicted octanol–water partition coefficient (Wildman–Crippen LogP) is 16.3. The van der Waals surface area contributed by atoms with Crippen LogP contribution in [-0.2, 0) is 59.1 Å². The Morgan fingerprint density at radius 1 is 0.423 bits per heavy atom. The van der Waals surface area contributed by atoms with Crippen LogP contribution in [0.3, 0.4) is 0 Å². The van der Waals surface area contributed by atoms with Crippen LogP contribution in [-0.4, -0.2) is 119 Å². The van der Waals surface area contributed by atoms with Crippen molar-refractivity contribution in [1.82, 2.24) is 15.2 Å². The molecule has 6 amide bonds. The Kier molecular flexibility index (Phi) is 24.1. The SMILES string of the molecule is CCCCCCCCSc1ccc2c3c(cccc13)C(=O)N(OS(=O)(=O)c1ccc(C(CCCC)CCCSc3cc4c5c(cccc5c3)C(=O)N(OS(=O)(=O)c3ccc(CC(COCCOCC)Sc5ccc6c7c(cccc57)C(=O)N(OS(=O)(=O)c5ccc(C)cc5)C6=O)cc3)C4=O)cc1)C2=O. The molecule has 0 spiro atoms. The molecule has 2 atom stereocenters. The van der Waals surface area contributed by atoms with Gasteiger partial charge in [-0.1, -0.05) is 137 Å². The molecule has 0 bridgehead atoms. The van der Waals surface area contributed by atoms with Gasteiger partial charge in [-0.05, 0) is 182 Å². The molecule has 104 heavy (non-hydrogen) atoms. The topological polar surface area (TPSA) is 261 Å². The summed E-state index contributed by atoms with van der Waals surface area (Å²) < 4.78 is 110. The number of carbonyl (C=O) groups is 6. The molecule has 0 fully saturated rings. The largest absolute Gasteiger partial charge is 0.379 e. The van der Waals surface area contributed by atoms with Gasteiger partial charge in [-0.25, -0.2) is 0 Å². The van der Waals surface area contributed by atoms with E-state index in [1.807, 2.05) is 25.1 Å². The predicted molar refractivity (Wildman–Crippen MR) is 399 cm³/mol. The second-order valence-electron chi connectivity index (χ2n) is 25.5. The van der Waals surface area contributed by atoms with Gasteiger partial charge >= 0.3 is 30.4 Å². The number of hydrogen-bond donors (Lipinski definition) is 0. The minimum absolute atomic E-state index is 0.0273. The van der Waals surface area contributed by atoms with Crippen molar-refractivity contribution in [3.63, 3.8) is 0 Å². The second kappa shape index (κ2) is 33.1. The number of thioether (sulfide) groups is 3. The van der Waals surface area contributed by atoms with Crippen LogP contribution >= 0.6 is 35.3 Å². The van der Waals surface area contributed by atoms with Crippen molar-refractivity contribution in [2.24, 2.45) is 0 Å². The fourth-order valence-electron chi connectivity index (χ4n) is 13.1. The second-order valence-corrected chi connectivity index (χ2v) is 33.8. The van der Waals surface area contributed by atoms with E-state index < -0.39 is 65.8 Å². The molecule has 3 aliphatic rings. The zero-order valence-corrected chi connectivity index (χ0v) is 62.6. The van der Waals surface area contributed by atoms with E-state index in [2.05, 4.69) is 13.8 Å². The van der Waals surface area contributed by atoms with Crippen LogP contribution in [0.1, 0.15) is 176 Å². The van der Waals surface area contributed by atoms with E-state index in [0.717, 1.165) is 59.3 Å². The normalized spacial score (nSPS) is 14.6. The number of unbranched alkanes of at least 4 members (excludes halogenated alkanes) is 6. The Labute approximate surface area is 617 Å². The highest BCUT2D eigenvalue weighted by atomic mass is 32.2. The molecular formula is C78H77N3O17S6. The zero-order valence-electron chi connectivity index (χ0n) is 57.7. The van der Waals surface area contributed by atoms with Gasteiger partial charge in [0.1, 0.15) is 0 Å². The number of hydrogen-bond acceptors (Lipinski definition) is 20. The Balaban J connectivity index is 0.680. The number of imide groups is 3. The van der Waals surface area contributed by atoms with Crippen LogP contribution in [0.15, 0.2) is 193 Å². The van der Waals surface area contributed by atoms with Gasteiger partial charge in [0, 0.05) is 42.7 Å². The summed E-state index contributed by atoms with van der Waals surface area (Å²) in [5.41, 5.74) is 2.96. The van der Waals surface area contributed by atoms with E-state index in [0.29, 0.717) is 85.6 Å². The summed E-state index contributed by atoms with van der Waals surface area (Å²) in [5, 5.41) is 3.56. The molecule has 0 radical (unpaired) electrons. The minimum Gasteiger partial charge on any atom is -0.379 e. The molecule has 0 aromatic heterocycles. The van der Waals surface area contributed by atoms with Crippen molar-refractivity contribution in [3.8, 4) is 0 Å². The van der Waals surface area contributed by atoms with Crippen LogP contribution in [0, 0.1) is 6.92 Å². The van der Waals surface area contributed by atoms with Crippen LogP contribution in [0.5, 0.6) is 0 Å². The smallest absolute Gasteiger partial charge is 0.318 e. The maximum absolute atomic E-state index is 14.4. The van der Waals surface area contributed by atoms with Gasteiger partial charge in [-0.3, -0.25) is 28.8 Å². The van der Waals surface area contributed by atoms with Crippen LogP contribution in [0.2, 0.25) is 0 Å². The Morgan fingerprint density at radius 2 is 0.885 bits per heavy atom. The van der Waals surface area contributed by atoms with Gasteiger partial charge in [-0.2, -0.15) is 25.3 Å². The summed E-state index contributed by atoms with van der Waals surface area (Å²) in [4.78, 5) is 85.7. The molecule has 20 nitrogen and oxygen atoms in total. The number of hydroxylamine groups is 6. The summed E-state index contributed by atoms with van der Waals surface area (Å²) in [7, 11) is -14.1. The van der Waals surface area contributed by atoms with Crippen molar-refractivity contribution >= 4 is 133 Å². The van der Waals surface area contributed by atoms with Crippen LogP contribution < -0.4 is 0 Å². The summed E-state index contributed by atoms with van der Waals surface area (Å²) in [6.07, 6.45) is 11.3. The molecule has 3 aliphatic heterocycles. The van der Waals surface area contributed by atoms with Gasteiger partial charge in [0.2, 0.25) is 0 Å². The van der Waals surface area contributed by atoms with Crippen molar-refractivity contribution < 1.29 is 76.3 Å². The number of amides is 6. The van der Waals surface area contributed by atoms with Crippen molar-refractivity contribution in [2.45, 2.75) is 145 Å². The standard InChI is InChI=1S/C78H77N3O17S6/c1-5-8-10-11-12-13-44-100-68-40-38-65-71-60(68)21-15-24-63(71)74(83)79(76(65)85)97-104(92,93)59-36-30-53(31-37-59)52(18-9-6-2)20-17-45-99-55-47-54-19-14-23-62-70(54)67(48-55)78(87)81(73(62)82)98-103(90,91)58-34-28-51(29-35-58)46-56(49-95-43-42-94-7-3)101-69-41-39-66-72-61(69)22-16-25-64(72)75(84)80(77(66)86)96-102(88,89)57-32-26-50(4)27-33-57/h14-16,19,21-41,47-48,52,56H,5-13,17-18,20,42-46,49H2,1-4H3. The van der Waals surface area contributed by atoms with Crippen molar-refractivity contribution in [2.75, 3.05) is 37.9 Å². The first-order chi connectivity index (χ1) is 50.1. The molecule has 0 saturated heterocycles. The summed E-state index contributed by atoms with van der Waals surface area (Å²) in [5.74, 6) is -4.08. The number of ether oxygens (including phenoxy) is 2. The number of benzene rings is 9. The average Bonchev–Trinajstić information content (AvgIpc) is 0.746. The van der Waals surface area contributed by atoms with Crippen molar-refractivity contribution in [3.05, 3.63) is 214 Å². The van der Waals surface area contributed by atoms with Crippen LogP contribution in [0.4, 0.5) is 0 Å². The van der Waals surface area contributed by atoms with E-state index >= 15 is 0 Å². The lowest BCUT2D eigenvalue weighted by molar-refractivity contribution is -0.0159. The highest BCUT2D eigenvalue weighted by molar-refractivity contribution is 8.00. The van der Waals surface area contributed by atoms with Gasteiger partial charge in [-0.15, -0.1) is 63.3 Å². The fourth-order valence-corrected chi connectivity index (χ4v) is 19.0. The maximum Gasteiger partial charge on any atom is 0.318 e. The third kappa shape index (κ3) is 16.5. The maximum atomic E-state index is 14.4. The molecule has 26 heteroatoms. The third-order valence-corrected chi connectivity index (χ3v) is 25.4. The number of carbonyl (C=O) groups excluding carboxylic acids is 6. The van der Waals surface area contributed by atoms with Crippen molar-refractivity contribution in [1.29, 1.82) is 0 Å². The zero-order chi connectivity index (χ0) is 73.5. The van der Waals surface area contributed by atoms with E-state index in [-0.39, 0.29) is 82.6 Å². The molecule has 542 valence electrons. The van der Waals surface area contributed by atoms with Crippen LogP contribution in [0.25, 0.3) is 32.3 Å². The van der Waals surface area contributed by atoms with Gasteiger partial charge in [0.25, 0.3) is 35.4 Å². The molecule has 9 aromatic rings. The lowest BCUT2D eigenvalue weighted by Gasteiger charge is -2.26. The molecular weight excluding hydrogens is 1440 g/mol. The number of nitrogens with zero attached hydrogens (tertiary/aromatic N) is 3. The first-order valence-electron chi connectivity index (χ1n) is 34.6. The molecule has 0 aliphatic carbocycles. The Bertz CT molecular complexity index is 5110. The van der Waals surface area contributed by atoms with E-state index in [1.54, 1.807) is 110 Å². The molecule has 3 heterocycles. The average molecular weight is 1520 g/mol. The van der Waals surface area contributed by atoms with Gasteiger partial charge in [0.15, 0.2) is 0 Å². The molecule has 9 aromatic carbocycles. The summed E-state index contributed by atoms with van der Waals surface area (Å²) >= 11 is 4.55. The summed E-state index contributed by atoms with van der Waals surface area (Å²) in [6, 6.07) is 43.0. The minimum atomic E-state index is -4.82. The lowest BCUT2D eigenvalue weighted by atomic mass is 9.90. The monoisotopic (exact) mass is 1520 g/mol. The molecule has 12 rings (SSSR count). The lowest BCUT2D eigenvalue weighted by Crippen LogP contribution is -2.41. The first kappa shape index (κ1) is 75.6. The molecule has 0 N–H and O–H groups in total. The highest BCUT2D eigenvalue weighted by Crippen LogP contribution is 2.42. The first-order valence-corrected chi connectivity index (χ1v) is 41.7. The fraction of sp³-hybridized carbons (Fsp3) is 0.308. The molecule has 2 unspecified atom stereocenters. The van der Waals surface area contributed by atoms with E-state index in [1.165, 1.54) is 104 Å². The number of aryl methyl sites for hydroxylation is 1. The van der Waals surface area contributed by atoms with Gasteiger partial charge in [0.05, 0.1) is 67.9 Å². The summed E-state index contributed by atoms with van der Waals surface area (Å²) in [6.45, 7) is 9.19. The quantitative estimate of drug-likeness (QED) is 0.0201. The highest BCUT2D eigenvalue weighted by Gasteiger charge is 2.42. The van der Waals surface area contributed by atoms with Gasteiger partial charge < -0.3 is 9.47 Å². The Morgan fingerprint density at radius 3 is 1.45 bits per heavy atom. The number of rotatable bonds is 36. The van der Waals surface area contributed by atoms with E-state index in [4.69, 9.17) is 22.3 Å². The molecule has 0 saturated carbocycles. The Hall–Kier alpha value is -8.12. The third-order valence-electron chi connectivity index (χ3n) is 18.4. The van der Waals surface area contributed by atoms with E-state index in [9.17, 15) is 54.0 Å².